The Hall–Kier alpha value is -0.315. The van der Waals surface area contributed by atoms with Crippen molar-refractivity contribution in [2.45, 2.75) is 6.92 Å². The molecular formula is C7H9BO2S. The fraction of sp³-hybridized carbons (Fsp3) is 0.429. The zero-order valence-electron chi connectivity index (χ0n) is 6.37. The van der Waals surface area contributed by atoms with Gasteiger partial charge in [-0.25, -0.2) is 0 Å². The fourth-order valence-electron chi connectivity index (χ4n) is 1.15. The Bertz CT molecular complexity index is 242. The monoisotopic (exact) mass is 168 g/mol. The van der Waals surface area contributed by atoms with Crippen LogP contribution in [0.4, 0.5) is 0 Å². The predicted molar refractivity (Wildman–Crippen MR) is 46.3 cm³/mol. The standard InChI is InChI=1S/C7H9BO2S/c1-6-4-11-5-7(6)8-9-2-3-10-8/h4-5H,2-3H2,1H3. The Labute approximate surface area is 70.3 Å². The van der Waals surface area contributed by atoms with Crippen LogP contribution in [0.15, 0.2) is 10.8 Å². The summed E-state index contributed by atoms with van der Waals surface area (Å²) in [5.74, 6) is 0. The van der Waals surface area contributed by atoms with E-state index < -0.39 is 0 Å². The molecule has 1 aromatic heterocycles. The molecule has 0 unspecified atom stereocenters. The van der Waals surface area contributed by atoms with E-state index in [4.69, 9.17) is 9.31 Å². The van der Waals surface area contributed by atoms with Crippen molar-refractivity contribution in [2.75, 3.05) is 13.2 Å². The Kier molecular flexibility index (Phi) is 1.98. The van der Waals surface area contributed by atoms with E-state index >= 15 is 0 Å². The summed E-state index contributed by atoms with van der Waals surface area (Å²) >= 11 is 1.69. The smallest absolute Gasteiger partial charge is 0.405 e. The summed E-state index contributed by atoms with van der Waals surface area (Å²) in [7, 11) is -0.0961. The second-order valence-electron chi connectivity index (χ2n) is 2.58. The minimum absolute atomic E-state index is 0.0961. The second-order valence-corrected chi connectivity index (χ2v) is 3.33. The Morgan fingerprint density at radius 1 is 1.36 bits per heavy atom. The molecule has 2 nitrogen and oxygen atoms in total. The average Bonchev–Trinajstić information content (AvgIpc) is 2.55. The summed E-state index contributed by atoms with van der Waals surface area (Å²) < 4.78 is 10.7. The first-order valence-corrected chi connectivity index (χ1v) is 4.58. The van der Waals surface area contributed by atoms with Crippen LogP contribution in [-0.4, -0.2) is 20.3 Å². The van der Waals surface area contributed by atoms with Crippen molar-refractivity contribution in [2.24, 2.45) is 0 Å². The van der Waals surface area contributed by atoms with Crippen molar-refractivity contribution in [3.8, 4) is 0 Å². The SMILES string of the molecule is Cc1cscc1B1OCCO1. The van der Waals surface area contributed by atoms with Crippen molar-refractivity contribution in [3.05, 3.63) is 16.3 Å². The lowest BCUT2D eigenvalue weighted by Gasteiger charge is -2.01. The zero-order chi connectivity index (χ0) is 7.68. The van der Waals surface area contributed by atoms with Crippen molar-refractivity contribution >= 4 is 23.9 Å². The van der Waals surface area contributed by atoms with Crippen molar-refractivity contribution in [1.82, 2.24) is 0 Å². The second kappa shape index (κ2) is 2.97. The first-order valence-electron chi connectivity index (χ1n) is 3.64. The number of thiophene rings is 1. The van der Waals surface area contributed by atoms with E-state index in [0.717, 1.165) is 13.2 Å². The molecule has 0 amide bonds. The summed E-state index contributed by atoms with van der Waals surface area (Å²) in [6.45, 7) is 3.52. The van der Waals surface area contributed by atoms with Gasteiger partial charge in [0.15, 0.2) is 0 Å². The van der Waals surface area contributed by atoms with Crippen molar-refractivity contribution < 1.29 is 9.31 Å². The number of aryl methyl sites for hydroxylation is 1. The van der Waals surface area contributed by atoms with E-state index in [1.54, 1.807) is 11.3 Å². The minimum Gasteiger partial charge on any atom is -0.405 e. The highest BCUT2D eigenvalue weighted by Crippen LogP contribution is 2.07. The van der Waals surface area contributed by atoms with Gasteiger partial charge in [-0.2, -0.15) is 11.3 Å². The van der Waals surface area contributed by atoms with E-state index in [0.29, 0.717) is 0 Å². The highest BCUT2D eigenvalue weighted by molar-refractivity contribution is 7.09. The van der Waals surface area contributed by atoms with Gasteiger partial charge in [0.2, 0.25) is 0 Å². The summed E-state index contributed by atoms with van der Waals surface area (Å²) in [4.78, 5) is 0. The van der Waals surface area contributed by atoms with Gasteiger partial charge >= 0.3 is 7.12 Å². The molecule has 1 aromatic rings. The lowest BCUT2D eigenvalue weighted by Crippen LogP contribution is -2.31. The minimum atomic E-state index is -0.0961. The van der Waals surface area contributed by atoms with Crippen LogP contribution in [0.1, 0.15) is 5.56 Å². The van der Waals surface area contributed by atoms with Crippen LogP contribution in [-0.2, 0) is 9.31 Å². The molecule has 4 heteroatoms. The van der Waals surface area contributed by atoms with Gasteiger partial charge in [-0.15, -0.1) is 0 Å². The molecule has 0 aliphatic carbocycles. The summed E-state index contributed by atoms with van der Waals surface area (Å²) in [6, 6.07) is 0. The van der Waals surface area contributed by atoms with Crippen LogP contribution in [0.3, 0.4) is 0 Å². The van der Waals surface area contributed by atoms with E-state index in [-0.39, 0.29) is 7.12 Å². The predicted octanol–water partition coefficient (Wildman–Crippen LogP) is 0.799. The van der Waals surface area contributed by atoms with Gasteiger partial charge < -0.3 is 9.31 Å². The largest absolute Gasteiger partial charge is 0.495 e. The van der Waals surface area contributed by atoms with Gasteiger partial charge in [0.25, 0.3) is 0 Å². The number of rotatable bonds is 1. The molecule has 0 radical (unpaired) electrons. The van der Waals surface area contributed by atoms with E-state index in [9.17, 15) is 0 Å². The maximum atomic E-state index is 5.36. The highest BCUT2D eigenvalue weighted by Gasteiger charge is 2.27. The first-order chi connectivity index (χ1) is 5.38. The molecule has 1 saturated heterocycles. The van der Waals surface area contributed by atoms with E-state index in [1.807, 2.05) is 0 Å². The van der Waals surface area contributed by atoms with Gasteiger partial charge in [0.1, 0.15) is 0 Å². The highest BCUT2D eigenvalue weighted by atomic mass is 32.1. The summed E-state index contributed by atoms with van der Waals surface area (Å²) in [5.41, 5.74) is 2.45. The Morgan fingerprint density at radius 2 is 2.09 bits per heavy atom. The van der Waals surface area contributed by atoms with Crippen LogP contribution < -0.4 is 5.46 Å². The lowest BCUT2D eigenvalue weighted by atomic mass is 9.79. The molecular weight excluding hydrogens is 159 g/mol. The van der Waals surface area contributed by atoms with Gasteiger partial charge in [-0.05, 0) is 28.7 Å². The molecule has 2 heterocycles. The maximum Gasteiger partial charge on any atom is 0.495 e. The molecule has 0 bridgehead atoms. The number of hydrogen-bond donors (Lipinski definition) is 0. The van der Waals surface area contributed by atoms with Crippen LogP contribution in [0, 0.1) is 6.92 Å². The van der Waals surface area contributed by atoms with Gasteiger partial charge in [0, 0.05) is 0 Å². The van der Waals surface area contributed by atoms with Gasteiger partial charge in [0.05, 0.1) is 13.2 Å². The molecule has 1 aliphatic rings. The van der Waals surface area contributed by atoms with E-state index in [2.05, 4.69) is 17.7 Å². The van der Waals surface area contributed by atoms with Crippen LogP contribution in [0.25, 0.3) is 0 Å². The molecule has 0 aromatic carbocycles. The molecule has 0 saturated carbocycles. The van der Waals surface area contributed by atoms with E-state index in [1.165, 1.54) is 11.0 Å². The normalized spacial score (nSPS) is 17.7. The third kappa shape index (κ3) is 1.34. The maximum absolute atomic E-state index is 5.36. The Balaban J connectivity index is 2.21. The zero-order valence-corrected chi connectivity index (χ0v) is 7.19. The fourth-order valence-corrected chi connectivity index (χ4v) is 2.00. The lowest BCUT2D eigenvalue weighted by molar-refractivity contribution is 0.365. The topological polar surface area (TPSA) is 18.5 Å². The van der Waals surface area contributed by atoms with Crippen molar-refractivity contribution in [1.29, 1.82) is 0 Å². The molecule has 58 valence electrons. The van der Waals surface area contributed by atoms with Gasteiger partial charge in [-0.3, -0.25) is 0 Å². The number of hydrogen-bond acceptors (Lipinski definition) is 3. The molecule has 1 fully saturated rings. The molecule has 11 heavy (non-hydrogen) atoms. The molecule has 0 spiro atoms. The first kappa shape index (κ1) is 7.34. The van der Waals surface area contributed by atoms with Gasteiger partial charge in [-0.1, -0.05) is 0 Å². The quantitative estimate of drug-likeness (QED) is 0.577. The van der Waals surface area contributed by atoms with Crippen molar-refractivity contribution in [3.63, 3.8) is 0 Å². The molecule has 0 N–H and O–H groups in total. The third-order valence-electron chi connectivity index (χ3n) is 1.77. The van der Waals surface area contributed by atoms with Crippen LogP contribution in [0.2, 0.25) is 0 Å². The molecule has 2 rings (SSSR count). The van der Waals surface area contributed by atoms with Crippen LogP contribution in [0.5, 0.6) is 0 Å². The van der Waals surface area contributed by atoms with Crippen LogP contribution >= 0.6 is 11.3 Å². The Morgan fingerprint density at radius 3 is 2.64 bits per heavy atom. The molecule has 0 atom stereocenters. The summed E-state index contributed by atoms with van der Waals surface area (Å²) in [5, 5.41) is 4.20. The summed E-state index contributed by atoms with van der Waals surface area (Å²) in [6.07, 6.45) is 0. The third-order valence-corrected chi connectivity index (χ3v) is 2.65. The average molecular weight is 168 g/mol. The molecule has 1 aliphatic heterocycles.